The van der Waals surface area contributed by atoms with Gasteiger partial charge in [0.1, 0.15) is 0 Å². The first-order valence-corrected chi connectivity index (χ1v) is 3.63. The van der Waals surface area contributed by atoms with E-state index in [1.165, 1.54) is 17.7 Å². The molecule has 3 nitrogen and oxygen atoms in total. The molecule has 74 valence electrons. The molecule has 3 heteroatoms. The zero-order valence-corrected chi connectivity index (χ0v) is 8.12. The minimum Gasteiger partial charge on any atom is -0.504 e. The van der Waals surface area contributed by atoms with Crippen molar-refractivity contribution in [1.82, 2.24) is 6.15 Å². The second-order valence-corrected chi connectivity index (χ2v) is 2.70. The SMILES string of the molecule is C=C(C)C.N.Oc1ccccc1O. The molecule has 0 aliphatic rings. The van der Waals surface area contributed by atoms with E-state index >= 15 is 0 Å². The Balaban J connectivity index is 0. The van der Waals surface area contributed by atoms with Gasteiger partial charge in [-0.15, -0.1) is 6.58 Å². The summed E-state index contributed by atoms with van der Waals surface area (Å²) in [6.07, 6.45) is 0. The monoisotopic (exact) mass is 183 g/mol. The van der Waals surface area contributed by atoms with Crippen molar-refractivity contribution in [2.75, 3.05) is 0 Å². The second kappa shape index (κ2) is 7.18. The summed E-state index contributed by atoms with van der Waals surface area (Å²) in [6, 6.07) is 6.15. The molecule has 1 aromatic carbocycles. The minimum absolute atomic E-state index is 0. The van der Waals surface area contributed by atoms with Crippen molar-refractivity contribution in [2.45, 2.75) is 13.8 Å². The summed E-state index contributed by atoms with van der Waals surface area (Å²) in [6.45, 7) is 7.50. The summed E-state index contributed by atoms with van der Waals surface area (Å²) in [4.78, 5) is 0. The zero-order valence-electron chi connectivity index (χ0n) is 8.12. The van der Waals surface area contributed by atoms with Crippen molar-refractivity contribution in [2.24, 2.45) is 0 Å². The van der Waals surface area contributed by atoms with Gasteiger partial charge in [0.25, 0.3) is 0 Å². The fourth-order valence-corrected chi connectivity index (χ4v) is 0.464. The molecule has 1 rings (SSSR count). The number of allylic oxidation sites excluding steroid dienone is 1. The average Bonchev–Trinajstić information content (AvgIpc) is 1.94. The van der Waals surface area contributed by atoms with Gasteiger partial charge >= 0.3 is 0 Å². The summed E-state index contributed by atoms with van der Waals surface area (Å²) >= 11 is 0. The maximum absolute atomic E-state index is 8.67. The van der Waals surface area contributed by atoms with Gasteiger partial charge in [-0.05, 0) is 26.0 Å². The molecule has 0 radical (unpaired) electrons. The first kappa shape index (κ1) is 14.1. The number of phenols is 2. The van der Waals surface area contributed by atoms with E-state index < -0.39 is 0 Å². The van der Waals surface area contributed by atoms with Crippen molar-refractivity contribution in [3.8, 4) is 11.5 Å². The summed E-state index contributed by atoms with van der Waals surface area (Å²) in [5.74, 6) is -0.153. The molecular weight excluding hydrogens is 166 g/mol. The van der Waals surface area contributed by atoms with E-state index in [0.717, 1.165) is 0 Å². The van der Waals surface area contributed by atoms with E-state index in [0.29, 0.717) is 0 Å². The molecule has 5 N–H and O–H groups in total. The molecule has 0 aliphatic heterocycles. The van der Waals surface area contributed by atoms with Crippen molar-refractivity contribution in [1.29, 1.82) is 0 Å². The van der Waals surface area contributed by atoms with Gasteiger partial charge < -0.3 is 16.4 Å². The van der Waals surface area contributed by atoms with Crippen LogP contribution in [-0.4, -0.2) is 10.2 Å². The summed E-state index contributed by atoms with van der Waals surface area (Å²) < 4.78 is 0. The average molecular weight is 183 g/mol. The fraction of sp³-hybridized carbons (Fsp3) is 0.200. The van der Waals surface area contributed by atoms with E-state index in [2.05, 4.69) is 6.58 Å². The third-order valence-electron chi connectivity index (χ3n) is 0.882. The lowest BCUT2D eigenvalue weighted by atomic mass is 10.3. The van der Waals surface area contributed by atoms with Crippen LogP contribution in [0.2, 0.25) is 0 Å². The highest BCUT2D eigenvalue weighted by atomic mass is 16.3. The summed E-state index contributed by atoms with van der Waals surface area (Å²) in [5.41, 5.74) is 1.17. The van der Waals surface area contributed by atoms with Crippen LogP contribution in [-0.2, 0) is 0 Å². The van der Waals surface area contributed by atoms with E-state index in [9.17, 15) is 0 Å². The topological polar surface area (TPSA) is 75.5 Å². The highest BCUT2D eigenvalue weighted by Crippen LogP contribution is 2.21. The predicted molar refractivity (Wildman–Crippen MR) is 55.3 cm³/mol. The third kappa shape index (κ3) is 8.43. The Morgan fingerprint density at radius 3 is 1.46 bits per heavy atom. The van der Waals surface area contributed by atoms with Gasteiger partial charge in [-0.25, -0.2) is 0 Å². The molecule has 0 aromatic heterocycles. The van der Waals surface area contributed by atoms with Gasteiger partial charge in [0, 0.05) is 0 Å². The van der Waals surface area contributed by atoms with Gasteiger partial charge in [0.05, 0.1) is 0 Å². The minimum atomic E-state index is -0.0764. The van der Waals surface area contributed by atoms with Crippen molar-refractivity contribution in [3.63, 3.8) is 0 Å². The van der Waals surface area contributed by atoms with Crippen LogP contribution in [0, 0.1) is 0 Å². The first-order chi connectivity index (χ1) is 5.54. The van der Waals surface area contributed by atoms with Crippen molar-refractivity contribution in [3.05, 3.63) is 36.4 Å². The van der Waals surface area contributed by atoms with Crippen molar-refractivity contribution >= 4 is 0 Å². The lowest BCUT2D eigenvalue weighted by Crippen LogP contribution is -1.63. The molecule has 0 fully saturated rings. The Morgan fingerprint density at radius 1 is 1.08 bits per heavy atom. The largest absolute Gasteiger partial charge is 0.504 e. The maximum atomic E-state index is 8.67. The number of phenolic OH excluding ortho intramolecular Hbond substituents is 2. The molecule has 1 aromatic rings. The molecule has 0 bridgehead atoms. The lowest BCUT2D eigenvalue weighted by Gasteiger charge is -1.91. The van der Waals surface area contributed by atoms with E-state index in [1.807, 2.05) is 13.8 Å². The molecule has 0 saturated heterocycles. The third-order valence-corrected chi connectivity index (χ3v) is 0.882. The second-order valence-electron chi connectivity index (χ2n) is 2.70. The molecule has 0 aliphatic carbocycles. The van der Waals surface area contributed by atoms with Crippen LogP contribution in [0.3, 0.4) is 0 Å². The first-order valence-electron chi connectivity index (χ1n) is 3.63. The van der Waals surface area contributed by atoms with Crippen LogP contribution in [0.1, 0.15) is 13.8 Å². The summed E-state index contributed by atoms with van der Waals surface area (Å²) in [7, 11) is 0. The molecule has 0 heterocycles. The standard InChI is InChI=1S/C6H6O2.C4H8.H3N/c7-5-3-1-2-4-6(5)8;1-4(2)3;/h1-4,7-8H;1H2,2-3H3;1H3. The highest BCUT2D eigenvalue weighted by Gasteiger charge is 1.90. The molecule has 0 saturated carbocycles. The van der Waals surface area contributed by atoms with Crippen LogP contribution in [0.15, 0.2) is 36.4 Å². The number of para-hydroxylation sites is 2. The Hall–Kier alpha value is -1.48. The zero-order chi connectivity index (χ0) is 9.56. The normalized spacial score (nSPS) is 7.54. The number of aromatic hydroxyl groups is 2. The smallest absolute Gasteiger partial charge is 0.157 e. The number of benzene rings is 1. The van der Waals surface area contributed by atoms with E-state index in [1.54, 1.807) is 12.1 Å². The molecule has 0 unspecified atom stereocenters. The Labute approximate surface area is 78.9 Å². The molecule has 13 heavy (non-hydrogen) atoms. The van der Waals surface area contributed by atoms with Gasteiger partial charge in [-0.1, -0.05) is 17.7 Å². The maximum Gasteiger partial charge on any atom is 0.157 e. The number of rotatable bonds is 0. The Kier molecular flexibility index (Phi) is 7.77. The molecule has 0 spiro atoms. The molecule has 0 amide bonds. The quantitative estimate of drug-likeness (QED) is 0.427. The van der Waals surface area contributed by atoms with Crippen molar-refractivity contribution < 1.29 is 10.2 Å². The highest BCUT2D eigenvalue weighted by molar-refractivity contribution is 5.36. The van der Waals surface area contributed by atoms with Gasteiger partial charge in [-0.2, -0.15) is 0 Å². The van der Waals surface area contributed by atoms with Crippen LogP contribution < -0.4 is 6.15 Å². The Morgan fingerprint density at radius 2 is 1.31 bits per heavy atom. The molecular formula is C10H17NO2. The van der Waals surface area contributed by atoms with Crippen LogP contribution >= 0.6 is 0 Å². The number of hydrogen-bond acceptors (Lipinski definition) is 3. The van der Waals surface area contributed by atoms with E-state index in [4.69, 9.17) is 10.2 Å². The predicted octanol–water partition coefficient (Wildman–Crippen LogP) is 2.84. The lowest BCUT2D eigenvalue weighted by molar-refractivity contribution is 0.404. The summed E-state index contributed by atoms with van der Waals surface area (Å²) in [5, 5.41) is 17.3. The van der Waals surface area contributed by atoms with Crippen LogP contribution in [0.25, 0.3) is 0 Å². The van der Waals surface area contributed by atoms with Gasteiger partial charge in [0.15, 0.2) is 11.5 Å². The van der Waals surface area contributed by atoms with Gasteiger partial charge in [0.2, 0.25) is 0 Å². The van der Waals surface area contributed by atoms with E-state index in [-0.39, 0.29) is 17.6 Å². The molecule has 0 atom stereocenters. The fourth-order valence-electron chi connectivity index (χ4n) is 0.464. The van der Waals surface area contributed by atoms with Crippen LogP contribution in [0.4, 0.5) is 0 Å². The Bertz CT molecular complexity index is 234. The van der Waals surface area contributed by atoms with Crippen LogP contribution in [0.5, 0.6) is 11.5 Å². The number of hydrogen-bond donors (Lipinski definition) is 3. The van der Waals surface area contributed by atoms with Gasteiger partial charge in [-0.3, -0.25) is 0 Å².